The summed E-state index contributed by atoms with van der Waals surface area (Å²) in [6.07, 6.45) is 7.52. The van der Waals surface area contributed by atoms with Crippen LogP contribution in [0, 0.1) is 0 Å². The van der Waals surface area contributed by atoms with Gasteiger partial charge in [-0.15, -0.1) is 0 Å². The Labute approximate surface area is 175 Å². The molecular weight excluding hydrogens is 391 g/mol. The first kappa shape index (κ1) is 22.1. The number of hydrogen-bond acceptors (Lipinski definition) is 2. The highest BCUT2D eigenvalue weighted by molar-refractivity contribution is 5.73. The second-order valence-corrected chi connectivity index (χ2v) is 7.61. The van der Waals surface area contributed by atoms with Crippen molar-refractivity contribution in [1.29, 1.82) is 0 Å². The van der Waals surface area contributed by atoms with E-state index in [4.69, 9.17) is 4.74 Å². The number of carbonyl (C=O) groups excluding carboxylic acids is 1. The zero-order valence-electron chi connectivity index (χ0n) is 17.2. The van der Waals surface area contributed by atoms with Crippen molar-refractivity contribution in [1.82, 2.24) is 0 Å². The standard InChI is InChI=1S/C24H27F3NO2/c1-2-30-23(29)14-19-13-21(20-7-5-3-4-6-8-20)17-28(16-19)15-18-9-11-22(12-10-18)24(25,26)27/h7,9-13,16-17H,2-6,8,14-15H2,1H3/q+1. The minimum atomic E-state index is -4.34. The van der Waals surface area contributed by atoms with Crippen molar-refractivity contribution in [2.24, 2.45) is 0 Å². The monoisotopic (exact) mass is 418 g/mol. The van der Waals surface area contributed by atoms with Crippen molar-refractivity contribution in [3.8, 4) is 0 Å². The molecule has 0 radical (unpaired) electrons. The molecule has 3 nitrogen and oxygen atoms in total. The van der Waals surface area contributed by atoms with E-state index in [0.717, 1.165) is 48.1 Å². The molecule has 0 saturated heterocycles. The van der Waals surface area contributed by atoms with Crippen molar-refractivity contribution in [3.63, 3.8) is 0 Å². The van der Waals surface area contributed by atoms with Crippen LogP contribution >= 0.6 is 0 Å². The van der Waals surface area contributed by atoms with E-state index in [9.17, 15) is 18.0 Å². The molecule has 0 atom stereocenters. The van der Waals surface area contributed by atoms with Gasteiger partial charge in [0.15, 0.2) is 18.9 Å². The van der Waals surface area contributed by atoms with Crippen molar-refractivity contribution < 1.29 is 27.3 Å². The fourth-order valence-corrected chi connectivity index (χ4v) is 3.73. The van der Waals surface area contributed by atoms with Crippen molar-refractivity contribution in [2.75, 3.05) is 6.61 Å². The van der Waals surface area contributed by atoms with Gasteiger partial charge in [-0.25, -0.2) is 0 Å². The molecule has 3 rings (SSSR count). The third kappa shape index (κ3) is 6.18. The van der Waals surface area contributed by atoms with Gasteiger partial charge in [-0.1, -0.05) is 24.6 Å². The van der Waals surface area contributed by atoms with Crippen LogP contribution in [0.5, 0.6) is 0 Å². The number of nitrogens with zero attached hydrogens (tertiary/aromatic N) is 1. The lowest BCUT2D eigenvalue weighted by Crippen LogP contribution is -2.35. The fourth-order valence-electron chi connectivity index (χ4n) is 3.73. The van der Waals surface area contributed by atoms with E-state index in [2.05, 4.69) is 6.08 Å². The molecular formula is C24H27F3NO2+. The van der Waals surface area contributed by atoms with Crippen LogP contribution in [0.4, 0.5) is 13.2 Å². The Balaban J connectivity index is 1.88. The second-order valence-electron chi connectivity index (χ2n) is 7.61. The predicted octanol–water partition coefficient (Wildman–Crippen LogP) is 5.49. The number of hydrogen-bond donors (Lipinski definition) is 0. The van der Waals surface area contributed by atoms with Gasteiger partial charge in [0.25, 0.3) is 0 Å². The third-order valence-electron chi connectivity index (χ3n) is 5.19. The van der Waals surface area contributed by atoms with Crippen LogP contribution in [0.2, 0.25) is 0 Å². The van der Waals surface area contributed by atoms with E-state index in [1.165, 1.54) is 30.5 Å². The first-order valence-corrected chi connectivity index (χ1v) is 10.4. The number of esters is 1. The van der Waals surface area contributed by atoms with Gasteiger partial charge in [0.1, 0.15) is 0 Å². The molecule has 0 fully saturated rings. The van der Waals surface area contributed by atoms with E-state index in [-0.39, 0.29) is 12.4 Å². The summed E-state index contributed by atoms with van der Waals surface area (Å²) in [5.74, 6) is -0.287. The molecule has 0 aliphatic heterocycles. The molecule has 0 unspecified atom stereocenters. The molecule has 1 heterocycles. The second kappa shape index (κ2) is 9.92. The smallest absolute Gasteiger partial charge is 0.416 e. The summed E-state index contributed by atoms with van der Waals surface area (Å²) >= 11 is 0. The molecule has 6 heteroatoms. The fraction of sp³-hybridized carbons (Fsp3) is 0.417. The van der Waals surface area contributed by atoms with E-state index < -0.39 is 11.7 Å². The van der Waals surface area contributed by atoms with Crippen molar-refractivity contribution >= 4 is 11.5 Å². The van der Waals surface area contributed by atoms with Crippen LogP contribution in [-0.4, -0.2) is 12.6 Å². The Morgan fingerprint density at radius 3 is 2.53 bits per heavy atom. The molecule has 2 aromatic rings. The van der Waals surface area contributed by atoms with Gasteiger partial charge < -0.3 is 4.74 Å². The van der Waals surface area contributed by atoms with Crippen LogP contribution in [0.15, 0.2) is 48.8 Å². The molecule has 0 amide bonds. The number of halogens is 3. The average Bonchev–Trinajstić information content (AvgIpc) is 2.97. The maximum atomic E-state index is 12.8. The maximum Gasteiger partial charge on any atom is 0.416 e. The van der Waals surface area contributed by atoms with Gasteiger partial charge in [0.05, 0.1) is 18.6 Å². The number of ether oxygens (including phenoxy) is 1. The lowest BCUT2D eigenvalue weighted by atomic mass is 10.0. The summed E-state index contributed by atoms with van der Waals surface area (Å²) in [6, 6.07) is 7.23. The molecule has 0 N–H and O–H groups in total. The lowest BCUT2D eigenvalue weighted by molar-refractivity contribution is -0.688. The first-order chi connectivity index (χ1) is 14.3. The Kier molecular flexibility index (Phi) is 7.29. The van der Waals surface area contributed by atoms with E-state index in [1.807, 2.05) is 23.0 Å². The number of aromatic nitrogens is 1. The lowest BCUT2D eigenvalue weighted by Gasteiger charge is -2.09. The molecule has 0 saturated carbocycles. The van der Waals surface area contributed by atoms with Crippen LogP contribution < -0.4 is 4.57 Å². The van der Waals surface area contributed by atoms with Gasteiger partial charge in [-0.05, 0) is 56.4 Å². The van der Waals surface area contributed by atoms with E-state index in [0.29, 0.717) is 13.2 Å². The Morgan fingerprint density at radius 2 is 1.83 bits per heavy atom. The normalized spacial score (nSPS) is 14.7. The summed E-state index contributed by atoms with van der Waals surface area (Å²) in [4.78, 5) is 12.0. The Bertz CT molecular complexity index is 902. The van der Waals surface area contributed by atoms with Crippen LogP contribution in [-0.2, 0) is 28.7 Å². The highest BCUT2D eigenvalue weighted by Crippen LogP contribution is 2.29. The zero-order valence-corrected chi connectivity index (χ0v) is 17.2. The summed E-state index contributed by atoms with van der Waals surface area (Å²) in [5.41, 5.74) is 3.27. The topological polar surface area (TPSA) is 30.2 Å². The molecule has 1 aromatic carbocycles. The third-order valence-corrected chi connectivity index (χ3v) is 5.19. The summed E-state index contributed by atoms with van der Waals surface area (Å²) in [7, 11) is 0. The van der Waals surface area contributed by atoms with Gasteiger partial charge >= 0.3 is 12.1 Å². The molecule has 30 heavy (non-hydrogen) atoms. The number of benzene rings is 1. The van der Waals surface area contributed by atoms with E-state index in [1.54, 1.807) is 6.92 Å². The highest BCUT2D eigenvalue weighted by atomic mass is 19.4. The minimum absolute atomic E-state index is 0.169. The average molecular weight is 418 g/mol. The Morgan fingerprint density at radius 1 is 1.07 bits per heavy atom. The summed E-state index contributed by atoms with van der Waals surface area (Å²) in [5, 5.41) is 0. The molecule has 160 valence electrons. The molecule has 1 aromatic heterocycles. The van der Waals surface area contributed by atoms with Crippen LogP contribution in [0.1, 0.15) is 61.3 Å². The minimum Gasteiger partial charge on any atom is -0.466 e. The molecule has 1 aliphatic carbocycles. The quantitative estimate of drug-likeness (QED) is 0.458. The van der Waals surface area contributed by atoms with Gasteiger partial charge in [-0.2, -0.15) is 17.7 Å². The van der Waals surface area contributed by atoms with Gasteiger partial charge in [0.2, 0.25) is 0 Å². The number of carbonyl (C=O) groups is 1. The van der Waals surface area contributed by atoms with Crippen LogP contribution in [0.3, 0.4) is 0 Å². The maximum absolute atomic E-state index is 12.8. The number of allylic oxidation sites excluding steroid dienone is 2. The van der Waals surface area contributed by atoms with Crippen LogP contribution in [0.25, 0.3) is 5.57 Å². The number of alkyl halides is 3. The van der Waals surface area contributed by atoms with Crippen molar-refractivity contribution in [2.45, 2.75) is 58.2 Å². The highest BCUT2D eigenvalue weighted by Gasteiger charge is 2.30. The van der Waals surface area contributed by atoms with Gasteiger partial charge in [-0.3, -0.25) is 4.79 Å². The van der Waals surface area contributed by atoms with E-state index >= 15 is 0 Å². The molecule has 1 aliphatic rings. The number of pyridine rings is 1. The number of rotatable bonds is 6. The predicted molar refractivity (Wildman–Crippen MR) is 109 cm³/mol. The largest absolute Gasteiger partial charge is 0.466 e. The molecule has 0 spiro atoms. The zero-order chi connectivity index (χ0) is 21.6. The first-order valence-electron chi connectivity index (χ1n) is 10.4. The van der Waals surface area contributed by atoms with Crippen molar-refractivity contribution in [3.05, 3.63) is 71.1 Å². The SMILES string of the molecule is CCOC(=O)Cc1cc(C2=CCCCCC2)c[n+](Cc2ccc(C(F)(F)F)cc2)c1. The Hall–Kier alpha value is -2.63. The van der Waals surface area contributed by atoms with Gasteiger partial charge in [0, 0.05) is 16.7 Å². The summed E-state index contributed by atoms with van der Waals surface area (Å²) < 4.78 is 45.5. The molecule has 0 bridgehead atoms. The summed E-state index contributed by atoms with van der Waals surface area (Å²) in [6.45, 7) is 2.53.